The molecule has 118 valence electrons. The Labute approximate surface area is 139 Å². The van der Waals surface area contributed by atoms with Gasteiger partial charge in [0.15, 0.2) is 0 Å². The first-order valence-corrected chi connectivity index (χ1v) is 8.41. The monoisotopic (exact) mass is 304 g/mol. The molecule has 2 rings (SSSR count). The number of nitrogens with zero attached hydrogens (tertiary/aromatic N) is 2. The number of aromatic nitrogens is 2. The molecule has 23 heavy (non-hydrogen) atoms. The molecule has 1 aromatic carbocycles. The van der Waals surface area contributed by atoms with E-state index in [2.05, 4.69) is 66.0 Å². The van der Waals surface area contributed by atoms with Crippen LogP contribution in [0.15, 0.2) is 42.7 Å². The lowest BCUT2D eigenvalue weighted by Crippen LogP contribution is -1.88. The zero-order chi connectivity index (χ0) is 16.3. The molecule has 0 aliphatic carbocycles. The van der Waals surface area contributed by atoms with Crippen LogP contribution in [0.5, 0.6) is 0 Å². The lowest BCUT2D eigenvalue weighted by Gasteiger charge is -1.99. The van der Waals surface area contributed by atoms with E-state index in [1.54, 1.807) is 12.4 Å². The third-order valence-corrected chi connectivity index (χ3v) is 3.52. The van der Waals surface area contributed by atoms with E-state index >= 15 is 0 Å². The summed E-state index contributed by atoms with van der Waals surface area (Å²) in [6.07, 6.45) is 13.4. The molecule has 0 unspecified atom stereocenters. The van der Waals surface area contributed by atoms with Gasteiger partial charge in [-0.2, -0.15) is 0 Å². The number of benzene rings is 1. The second-order valence-electron chi connectivity index (χ2n) is 5.57. The normalized spacial score (nSPS) is 10.5. The smallest absolute Gasteiger partial charge is 0.131 e. The number of rotatable bonds is 6. The Morgan fingerprint density at radius 2 is 1.78 bits per heavy atom. The van der Waals surface area contributed by atoms with Crippen molar-refractivity contribution in [2.24, 2.45) is 0 Å². The Kier molecular flexibility index (Phi) is 7.07. The van der Waals surface area contributed by atoms with Gasteiger partial charge in [-0.05, 0) is 49.0 Å². The molecule has 0 aliphatic rings. The van der Waals surface area contributed by atoms with Crippen molar-refractivity contribution in [3.8, 4) is 11.8 Å². The summed E-state index contributed by atoms with van der Waals surface area (Å²) < 4.78 is 0. The highest BCUT2D eigenvalue weighted by Crippen LogP contribution is 2.07. The van der Waals surface area contributed by atoms with E-state index in [1.807, 2.05) is 6.08 Å². The molecule has 0 spiro atoms. The third kappa shape index (κ3) is 6.08. The zero-order valence-electron chi connectivity index (χ0n) is 14.0. The average Bonchev–Trinajstić information content (AvgIpc) is 2.60. The summed E-state index contributed by atoms with van der Waals surface area (Å²) >= 11 is 0. The Balaban J connectivity index is 1.98. The SMILES string of the molecule is CCC/C=C/c1cnc(C#Cc2ccc(CCCC)cc2)cn1. The first kappa shape index (κ1) is 17.0. The van der Waals surface area contributed by atoms with Crippen molar-refractivity contribution in [2.45, 2.75) is 46.0 Å². The maximum absolute atomic E-state index is 4.36. The molecule has 0 saturated heterocycles. The summed E-state index contributed by atoms with van der Waals surface area (Å²) in [5.74, 6) is 6.22. The average molecular weight is 304 g/mol. The number of unbranched alkanes of at least 4 members (excludes halogenated alkanes) is 2. The van der Waals surface area contributed by atoms with Gasteiger partial charge >= 0.3 is 0 Å². The fourth-order valence-electron chi connectivity index (χ4n) is 2.13. The second kappa shape index (κ2) is 9.58. The molecule has 2 heteroatoms. The number of allylic oxidation sites excluding steroid dienone is 1. The van der Waals surface area contributed by atoms with Crippen LogP contribution >= 0.6 is 0 Å². The topological polar surface area (TPSA) is 25.8 Å². The molecule has 1 aromatic heterocycles. The number of hydrogen-bond acceptors (Lipinski definition) is 2. The van der Waals surface area contributed by atoms with E-state index < -0.39 is 0 Å². The predicted octanol–water partition coefficient (Wildman–Crippen LogP) is 5.03. The van der Waals surface area contributed by atoms with Gasteiger partial charge in [-0.25, -0.2) is 4.98 Å². The minimum Gasteiger partial charge on any atom is -0.252 e. The molecule has 0 bridgehead atoms. The van der Waals surface area contributed by atoms with Crippen molar-refractivity contribution in [3.05, 3.63) is 65.2 Å². The molecule has 0 saturated carbocycles. The minimum absolute atomic E-state index is 0.702. The van der Waals surface area contributed by atoms with Crippen LogP contribution in [0.4, 0.5) is 0 Å². The maximum atomic E-state index is 4.36. The van der Waals surface area contributed by atoms with Crippen LogP contribution in [0, 0.1) is 11.8 Å². The highest BCUT2D eigenvalue weighted by atomic mass is 14.8. The molecule has 0 aliphatic heterocycles. The van der Waals surface area contributed by atoms with Crippen molar-refractivity contribution >= 4 is 6.08 Å². The van der Waals surface area contributed by atoms with Gasteiger partial charge in [0.1, 0.15) is 5.69 Å². The highest BCUT2D eigenvalue weighted by molar-refractivity contribution is 5.45. The van der Waals surface area contributed by atoms with E-state index in [0.29, 0.717) is 5.69 Å². The predicted molar refractivity (Wildman–Crippen MR) is 97.0 cm³/mol. The number of aryl methyl sites for hydroxylation is 1. The van der Waals surface area contributed by atoms with Crippen LogP contribution in [-0.4, -0.2) is 9.97 Å². The zero-order valence-corrected chi connectivity index (χ0v) is 14.0. The molecular formula is C21H24N2. The van der Waals surface area contributed by atoms with Crippen molar-refractivity contribution in [3.63, 3.8) is 0 Å². The van der Waals surface area contributed by atoms with Crippen LogP contribution in [0.1, 0.15) is 62.0 Å². The molecule has 0 N–H and O–H groups in total. The van der Waals surface area contributed by atoms with Gasteiger partial charge in [0.2, 0.25) is 0 Å². The highest BCUT2D eigenvalue weighted by Gasteiger charge is 1.94. The summed E-state index contributed by atoms with van der Waals surface area (Å²) in [5.41, 5.74) is 3.97. The van der Waals surface area contributed by atoms with Gasteiger partial charge in [0.05, 0.1) is 18.1 Å². The van der Waals surface area contributed by atoms with Crippen LogP contribution in [0.3, 0.4) is 0 Å². The minimum atomic E-state index is 0.702. The largest absolute Gasteiger partial charge is 0.252 e. The molecule has 0 amide bonds. The Bertz CT molecular complexity index is 671. The third-order valence-electron chi connectivity index (χ3n) is 3.52. The van der Waals surface area contributed by atoms with E-state index in [0.717, 1.165) is 30.5 Å². The summed E-state index contributed by atoms with van der Waals surface area (Å²) in [4.78, 5) is 8.70. The summed E-state index contributed by atoms with van der Waals surface area (Å²) in [6.45, 7) is 4.37. The second-order valence-corrected chi connectivity index (χ2v) is 5.57. The lowest BCUT2D eigenvalue weighted by atomic mass is 10.1. The van der Waals surface area contributed by atoms with Gasteiger partial charge < -0.3 is 0 Å². The lowest BCUT2D eigenvalue weighted by molar-refractivity contribution is 0.795. The van der Waals surface area contributed by atoms with Gasteiger partial charge in [-0.15, -0.1) is 0 Å². The Morgan fingerprint density at radius 1 is 0.957 bits per heavy atom. The first-order valence-electron chi connectivity index (χ1n) is 8.41. The van der Waals surface area contributed by atoms with E-state index in [1.165, 1.54) is 18.4 Å². The van der Waals surface area contributed by atoms with E-state index in [9.17, 15) is 0 Å². The van der Waals surface area contributed by atoms with Crippen LogP contribution in [0.2, 0.25) is 0 Å². The Morgan fingerprint density at radius 3 is 2.43 bits per heavy atom. The molecule has 0 atom stereocenters. The molecule has 2 aromatic rings. The summed E-state index contributed by atoms with van der Waals surface area (Å²) in [5, 5.41) is 0. The van der Waals surface area contributed by atoms with Crippen LogP contribution in [-0.2, 0) is 6.42 Å². The number of hydrogen-bond donors (Lipinski definition) is 0. The summed E-state index contributed by atoms with van der Waals surface area (Å²) in [7, 11) is 0. The fraction of sp³-hybridized carbons (Fsp3) is 0.333. The molecular weight excluding hydrogens is 280 g/mol. The van der Waals surface area contributed by atoms with E-state index in [-0.39, 0.29) is 0 Å². The van der Waals surface area contributed by atoms with Gasteiger partial charge in [-0.3, -0.25) is 4.98 Å². The maximum Gasteiger partial charge on any atom is 0.131 e. The van der Waals surface area contributed by atoms with Crippen molar-refractivity contribution < 1.29 is 0 Å². The molecule has 0 fully saturated rings. The standard InChI is InChI=1S/C21H24N2/c1-3-5-7-9-20-16-23-21(17-22-20)15-14-19-12-10-18(11-13-19)8-6-4-2/h7,9-13,16-17H,3-6,8H2,1-2H3/b9-7+. The van der Waals surface area contributed by atoms with Gasteiger partial charge in [-0.1, -0.05) is 50.8 Å². The van der Waals surface area contributed by atoms with Crippen molar-refractivity contribution in [2.75, 3.05) is 0 Å². The van der Waals surface area contributed by atoms with Gasteiger partial charge in [0.25, 0.3) is 0 Å². The molecule has 0 radical (unpaired) electrons. The van der Waals surface area contributed by atoms with E-state index in [4.69, 9.17) is 0 Å². The Hall–Kier alpha value is -2.40. The van der Waals surface area contributed by atoms with Crippen LogP contribution < -0.4 is 0 Å². The van der Waals surface area contributed by atoms with Gasteiger partial charge in [0, 0.05) is 5.56 Å². The molecule has 2 nitrogen and oxygen atoms in total. The van der Waals surface area contributed by atoms with Crippen LogP contribution in [0.25, 0.3) is 6.08 Å². The first-order chi connectivity index (χ1) is 11.3. The quantitative estimate of drug-likeness (QED) is 0.699. The fourth-order valence-corrected chi connectivity index (χ4v) is 2.13. The van der Waals surface area contributed by atoms with Crippen molar-refractivity contribution in [1.82, 2.24) is 9.97 Å². The van der Waals surface area contributed by atoms with Crippen molar-refractivity contribution in [1.29, 1.82) is 0 Å². The summed E-state index contributed by atoms with van der Waals surface area (Å²) in [6, 6.07) is 8.47. The molecule has 1 heterocycles.